The second-order valence-corrected chi connectivity index (χ2v) is 4.94. The van der Waals surface area contributed by atoms with Crippen LogP contribution in [0.4, 0.5) is 0 Å². The van der Waals surface area contributed by atoms with Gasteiger partial charge in [0, 0.05) is 13.2 Å². The molecule has 0 saturated heterocycles. The van der Waals surface area contributed by atoms with E-state index < -0.39 is 0 Å². The fourth-order valence-corrected chi connectivity index (χ4v) is 1.89. The lowest BCUT2D eigenvalue weighted by Crippen LogP contribution is -2.42. The highest BCUT2D eigenvalue weighted by Gasteiger charge is 2.42. The molecule has 0 bridgehead atoms. The van der Waals surface area contributed by atoms with Gasteiger partial charge < -0.3 is 16.2 Å². The first-order chi connectivity index (χ1) is 7.63. The molecule has 1 saturated carbocycles. The van der Waals surface area contributed by atoms with Gasteiger partial charge in [0.05, 0.1) is 6.04 Å². The van der Waals surface area contributed by atoms with Crippen molar-refractivity contribution in [2.24, 2.45) is 11.1 Å². The van der Waals surface area contributed by atoms with E-state index in [-0.39, 0.29) is 24.0 Å². The van der Waals surface area contributed by atoms with Crippen LogP contribution in [-0.4, -0.2) is 30.2 Å². The number of hydrogen-bond acceptors (Lipinski definition) is 3. The smallest absolute Gasteiger partial charge is 0.236 e. The molecule has 0 aromatic heterocycles. The number of nitrogens with two attached hydrogens (primary N) is 1. The lowest BCUT2D eigenvalue weighted by Gasteiger charge is -2.17. The van der Waals surface area contributed by atoms with E-state index >= 15 is 0 Å². The summed E-state index contributed by atoms with van der Waals surface area (Å²) in [5, 5.41) is 11.8. The average Bonchev–Trinajstić information content (AvgIpc) is 3.03. The molecule has 16 heavy (non-hydrogen) atoms. The number of carbonyl (C=O) groups excluding carboxylic acids is 1. The van der Waals surface area contributed by atoms with Gasteiger partial charge in [-0.3, -0.25) is 4.79 Å². The van der Waals surface area contributed by atoms with E-state index in [1.165, 1.54) is 0 Å². The molecule has 4 N–H and O–H groups in total. The second kappa shape index (κ2) is 6.21. The van der Waals surface area contributed by atoms with Crippen LogP contribution in [0.15, 0.2) is 0 Å². The van der Waals surface area contributed by atoms with Gasteiger partial charge in [-0.2, -0.15) is 0 Å². The van der Waals surface area contributed by atoms with E-state index in [9.17, 15) is 4.79 Å². The van der Waals surface area contributed by atoms with Gasteiger partial charge in [-0.05, 0) is 31.1 Å². The fraction of sp³-hybridized carbons (Fsp3) is 0.917. The summed E-state index contributed by atoms with van der Waals surface area (Å²) in [7, 11) is 0. The molecule has 0 aromatic rings. The zero-order valence-electron chi connectivity index (χ0n) is 10.2. The van der Waals surface area contributed by atoms with Crippen molar-refractivity contribution in [1.29, 1.82) is 0 Å². The third-order valence-electron chi connectivity index (χ3n) is 3.44. The highest BCUT2D eigenvalue weighted by Crippen LogP contribution is 2.47. The van der Waals surface area contributed by atoms with Crippen molar-refractivity contribution in [2.75, 3.05) is 13.2 Å². The molecule has 1 aliphatic rings. The quantitative estimate of drug-likeness (QED) is 0.575. The molecule has 4 heteroatoms. The maximum atomic E-state index is 11.6. The predicted molar refractivity (Wildman–Crippen MR) is 63.9 cm³/mol. The van der Waals surface area contributed by atoms with Crippen LogP contribution in [0.2, 0.25) is 0 Å². The fourth-order valence-electron chi connectivity index (χ4n) is 1.89. The van der Waals surface area contributed by atoms with Gasteiger partial charge in [-0.25, -0.2) is 0 Å². The van der Waals surface area contributed by atoms with Crippen LogP contribution in [-0.2, 0) is 4.79 Å². The lowest BCUT2D eigenvalue weighted by molar-refractivity contribution is -0.122. The Balaban J connectivity index is 2.19. The van der Waals surface area contributed by atoms with E-state index in [1.807, 2.05) is 0 Å². The van der Waals surface area contributed by atoms with Crippen LogP contribution >= 0.6 is 0 Å². The normalized spacial score (nSPS) is 19.2. The van der Waals surface area contributed by atoms with Crippen molar-refractivity contribution in [1.82, 2.24) is 5.32 Å². The minimum Gasteiger partial charge on any atom is -0.396 e. The number of nitrogens with one attached hydrogen (secondary N) is 1. The molecule has 1 atom stereocenters. The molecule has 0 aliphatic heterocycles. The van der Waals surface area contributed by atoms with Gasteiger partial charge in [0.2, 0.25) is 5.91 Å². The van der Waals surface area contributed by atoms with Crippen LogP contribution < -0.4 is 11.1 Å². The SMILES string of the molecule is CCCC[C@H](N)C(=O)NCC1(CCO)CC1. The van der Waals surface area contributed by atoms with Gasteiger partial charge in [-0.15, -0.1) is 0 Å². The molecule has 0 radical (unpaired) electrons. The summed E-state index contributed by atoms with van der Waals surface area (Å²) in [6, 6.07) is -0.370. The number of rotatable bonds is 8. The van der Waals surface area contributed by atoms with Crippen LogP contribution in [0.1, 0.15) is 45.4 Å². The molecule has 1 fully saturated rings. The van der Waals surface area contributed by atoms with Gasteiger partial charge in [0.15, 0.2) is 0 Å². The van der Waals surface area contributed by atoms with E-state index in [2.05, 4.69) is 12.2 Å². The van der Waals surface area contributed by atoms with E-state index in [0.29, 0.717) is 6.54 Å². The van der Waals surface area contributed by atoms with E-state index in [4.69, 9.17) is 10.8 Å². The lowest BCUT2D eigenvalue weighted by atomic mass is 10.0. The number of aliphatic hydroxyl groups excluding tert-OH is 1. The zero-order valence-corrected chi connectivity index (χ0v) is 10.2. The molecule has 0 aromatic carbocycles. The first kappa shape index (κ1) is 13.5. The Labute approximate surface area is 97.6 Å². The van der Waals surface area contributed by atoms with Gasteiger partial charge in [0.1, 0.15) is 0 Å². The standard InChI is InChI=1S/C12H24N2O2/c1-2-3-4-10(13)11(16)14-9-12(5-6-12)7-8-15/h10,15H,2-9,13H2,1H3,(H,14,16)/t10-/m0/s1. The van der Waals surface area contributed by atoms with E-state index in [1.54, 1.807) is 0 Å². The molecule has 1 aliphatic carbocycles. The number of carbonyl (C=O) groups is 1. The summed E-state index contributed by atoms with van der Waals surface area (Å²) in [5.74, 6) is -0.0438. The van der Waals surface area contributed by atoms with Crippen molar-refractivity contribution in [2.45, 2.75) is 51.5 Å². The van der Waals surface area contributed by atoms with Gasteiger partial charge in [-0.1, -0.05) is 19.8 Å². The molecule has 0 spiro atoms. The number of amides is 1. The molecular weight excluding hydrogens is 204 g/mol. The van der Waals surface area contributed by atoms with Gasteiger partial charge in [0.25, 0.3) is 0 Å². The zero-order chi connectivity index (χ0) is 12.0. The minimum atomic E-state index is -0.370. The maximum Gasteiger partial charge on any atom is 0.236 e. The predicted octanol–water partition coefficient (Wildman–Crippen LogP) is 0.783. The second-order valence-electron chi connectivity index (χ2n) is 4.94. The van der Waals surface area contributed by atoms with Crippen molar-refractivity contribution >= 4 is 5.91 Å². The Bertz CT molecular complexity index is 227. The molecule has 94 valence electrons. The molecule has 4 nitrogen and oxygen atoms in total. The summed E-state index contributed by atoms with van der Waals surface area (Å²) in [6.07, 6.45) is 5.83. The molecule has 0 heterocycles. The first-order valence-corrected chi connectivity index (χ1v) is 6.28. The monoisotopic (exact) mass is 228 g/mol. The van der Waals surface area contributed by atoms with E-state index in [0.717, 1.165) is 38.5 Å². The Morgan fingerprint density at radius 2 is 2.25 bits per heavy atom. The summed E-state index contributed by atoms with van der Waals surface area (Å²) in [5.41, 5.74) is 5.94. The summed E-state index contributed by atoms with van der Waals surface area (Å²) >= 11 is 0. The van der Waals surface area contributed by atoms with Crippen molar-refractivity contribution in [3.63, 3.8) is 0 Å². The third-order valence-corrected chi connectivity index (χ3v) is 3.44. The Morgan fingerprint density at radius 3 is 2.75 bits per heavy atom. The highest BCUT2D eigenvalue weighted by atomic mass is 16.3. The Kier molecular flexibility index (Phi) is 5.22. The van der Waals surface area contributed by atoms with Crippen LogP contribution in [0, 0.1) is 5.41 Å². The molecule has 1 amide bonds. The summed E-state index contributed by atoms with van der Waals surface area (Å²) in [4.78, 5) is 11.6. The summed E-state index contributed by atoms with van der Waals surface area (Å²) in [6.45, 7) is 2.97. The molecule has 0 unspecified atom stereocenters. The van der Waals surface area contributed by atoms with Crippen LogP contribution in [0.3, 0.4) is 0 Å². The van der Waals surface area contributed by atoms with Crippen molar-refractivity contribution in [3.05, 3.63) is 0 Å². The molecule has 1 rings (SSSR count). The average molecular weight is 228 g/mol. The number of hydrogen-bond donors (Lipinski definition) is 3. The van der Waals surface area contributed by atoms with Crippen LogP contribution in [0.5, 0.6) is 0 Å². The topological polar surface area (TPSA) is 75.4 Å². The Hall–Kier alpha value is -0.610. The van der Waals surface area contributed by atoms with Gasteiger partial charge >= 0.3 is 0 Å². The number of unbranched alkanes of at least 4 members (excludes halogenated alkanes) is 1. The summed E-state index contributed by atoms with van der Waals surface area (Å²) < 4.78 is 0. The van der Waals surface area contributed by atoms with Crippen molar-refractivity contribution in [3.8, 4) is 0 Å². The maximum absolute atomic E-state index is 11.6. The minimum absolute atomic E-state index is 0.0438. The third kappa shape index (κ3) is 4.10. The first-order valence-electron chi connectivity index (χ1n) is 6.28. The van der Waals surface area contributed by atoms with Crippen molar-refractivity contribution < 1.29 is 9.90 Å². The Morgan fingerprint density at radius 1 is 1.56 bits per heavy atom. The molecular formula is C12H24N2O2. The highest BCUT2D eigenvalue weighted by molar-refractivity contribution is 5.81. The van der Waals surface area contributed by atoms with Crippen LogP contribution in [0.25, 0.3) is 0 Å². The number of aliphatic hydroxyl groups is 1. The largest absolute Gasteiger partial charge is 0.396 e.